The monoisotopic (exact) mass is 667 g/mol. The van der Waals surface area contributed by atoms with E-state index >= 15 is 0 Å². The van der Waals surface area contributed by atoms with Crippen LogP contribution in [0.3, 0.4) is 0 Å². The van der Waals surface area contributed by atoms with Gasteiger partial charge in [-0.15, -0.1) is 0 Å². The van der Waals surface area contributed by atoms with Gasteiger partial charge >= 0.3 is 6.09 Å². The first-order valence-electron chi connectivity index (χ1n) is 15.3. The van der Waals surface area contributed by atoms with Gasteiger partial charge in [0.15, 0.2) is 5.78 Å². The number of amides is 3. The molecule has 0 saturated carbocycles. The zero-order chi connectivity index (χ0) is 33.4. The van der Waals surface area contributed by atoms with Crippen molar-refractivity contribution in [2.75, 3.05) is 19.0 Å². The van der Waals surface area contributed by atoms with E-state index in [-0.39, 0.29) is 29.7 Å². The Bertz CT molecular complexity index is 1690. The second kappa shape index (κ2) is 15.4. The Morgan fingerprint density at radius 2 is 1.28 bits per heavy atom. The minimum Gasteiger partial charge on any atom is -0.449 e. The molecule has 10 heteroatoms. The molecule has 0 fully saturated rings. The van der Waals surface area contributed by atoms with Gasteiger partial charge in [0, 0.05) is 33.1 Å². The van der Waals surface area contributed by atoms with Crippen LogP contribution in [-0.4, -0.2) is 53.5 Å². The van der Waals surface area contributed by atoms with Crippen molar-refractivity contribution < 1.29 is 23.9 Å². The number of carbonyl (C=O) groups is 4. The SMILES string of the molecule is CC(C)(C)SSCC(NC(=O)OCC1c2ccccc2-c2ccccc21)C(=O)NCNC(=O)c1ccc(C(=O)c2ccccc2)cc1. The number of carbonyl (C=O) groups excluding carboxylic acids is 4. The van der Waals surface area contributed by atoms with Crippen LogP contribution in [0.4, 0.5) is 4.79 Å². The fraction of sp³-hybridized carbons (Fsp3) is 0.243. The topological polar surface area (TPSA) is 114 Å². The predicted octanol–water partition coefficient (Wildman–Crippen LogP) is 6.81. The van der Waals surface area contributed by atoms with Gasteiger partial charge in [0.2, 0.25) is 5.91 Å². The molecule has 0 radical (unpaired) electrons. The fourth-order valence-corrected chi connectivity index (χ4v) is 7.68. The first kappa shape index (κ1) is 33.8. The molecule has 1 unspecified atom stereocenters. The Balaban J connectivity index is 1.15. The third kappa shape index (κ3) is 8.84. The molecule has 4 aromatic rings. The maximum atomic E-state index is 13.2. The van der Waals surface area contributed by atoms with Gasteiger partial charge in [-0.1, -0.05) is 133 Å². The number of fused-ring (bicyclic) bond motifs is 3. The van der Waals surface area contributed by atoms with Crippen molar-refractivity contribution in [3.63, 3.8) is 0 Å². The minimum absolute atomic E-state index is 0.0509. The van der Waals surface area contributed by atoms with Gasteiger partial charge in [0.25, 0.3) is 5.91 Å². The number of hydrogen-bond acceptors (Lipinski definition) is 7. The van der Waals surface area contributed by atoms with E-state index in [0.29, 0.717) is 22.4 Å². The maximum absolute atomic E-state index is 13.2. The number of hydrogen-bond donors (Lipinski definition) is 3. The molecule has 0 aliphatic heterocycles. The summed E-state index contributed by atoms with van der Waals surface area (Å²) in [4.78, 5) is 51.6. The van der Waals surface area contributed by atoms with Gasteiger partial charge in [-0.25, -0.2) is 4.79 Å². The fourth-order valence-electron chi connectivity index (χ4n) is 5.21. The van der Waals surface area contributed by atoms with Crippen molar-refractivity contribution in [2.45, 2.75) is 37.5 Å². The molecule has 3 N–H and O–H groups in total. The summed E-state index contributed by atoms with van der Waals surface area (Å²) >= 11 is 0. The van der Waals surface area contributed by atoms with Crippen LogP contribution in [0, 0.1) is 0 Å². The molecule has 0 spiro atoms. The van der Waals surface area contributed by atoms with E-state index in [1.807, 2.05) is 42.5 Å². The average Bonchev–Trinajstić information content (AvgIpc) is 3.40. The van der Waals surface area contributed by atoms with Gasteiger partial charge in [0.05, 0.1) is 6.67 Å². The third-order valence-electron chi connectivity index (χ3n) is 7.45. The average molecular weight is 668 g/mol. The van der Waals surface area contributed by atoms with Crippen LogP contribution in [0.2, 0.25) is 0 Å². The predicted molar refractivity (Wildman–Crippen MR) is 189 cm³/mol. The minimum atomic E-state index is -0.898. The molecular weight excluding hydrogens is 631 g/mol. The van der Waals surface area contributed by atoms with E-state index in [1.54, 1.807) is 59.3 Å². The summed E-state index contributed by atoms with van der Waals surface area (Å²) in [6, 6.07) is 30.5. The summed E-state index contributed by atoms with van der Waals surface area (Å²) in [5.41, 5.74) is 5.82. The van der Waals surface area contributed by atoms with E-state index < -0.39 is 23.9 Å². The smallest absolute Gasteiger partial charge is 0.407 e. The van der Waals surface area contributed by atoms with Crippen LogP contribution in [0.15, 0.2) is 103 Å². The second-order valence-corrected chi connectivity index (χ2v) is 15.2. The number of nitrogens with one attached hydrogen (secondary N) is 3. The standard InChI is InChI=1S/C37H37N3O5S2/c1-37(2,3)47-46-22-32(40-36(44)45-21-31-29-15-9-7-13-27(29)28-14-8-10-16-30(28)31)35(43)39-23-38-34(42)26-19-17-25(18-20-26)33(41)24-11-5-4-6-12-24/h4-20,31-32H,21-23H2,1-3H3,(H,38,42)(H,39,43)(H,40,44). The Morgan fingerprint density at radius 1 is 0.723 bits per heavy atom. The van der Waals surface area contributed by atoms with Crippen molar-refractivity contribution in [3.05, 3.63) is 131 Å². The molecule has 1 aliphatic rings. The van der Waals surface area contributed by atoms with Crippen LogP contribution in [0.5, 0.6) is 0 Å². The summed E-state index contributed by atoms with van der Waals surface area (Å²) in [5.74, 6) is -0.815. The van der Waals surface area contributed by atoms with E-state index in [4.69, 9.17) is 4.74 Å². The molecule has 5 rings (SSSR count). The summed E-state index contributed by atoms with van der Waals surface area (Å²) in [6.45, 7) is 6.18. The van der Waals surface area contributed by atoms with Crippen LogP contribution >= 0.6 is 21.6 Å². The highest BCUT2D eigenvalue weighted by atomic mass is 33.1. The van der Waals surface area contributed by atoms with Gasteiger partial charge in [-0.3, -0.25) is 14.4 Å². The number of benzene rings is 4. The van der Waals surface area contributed by atoms with Crippen LogP contribution in [0.1, 0.15) is 64.1 Å². The summed E-state index contributed by atoms with van der Waals surface area (Å²) in [6.07, 6.45) is -0.692. The Kier molecular flexibility index (Phi) is 11.1. The summed E-state index contributed by atoms with van der Waals surface area (Å²) < 4.78 is 5.63. The van der Waals surface area contributed by atoms with E-state index in [1.165, 1.54) is 10.8 Å². The molecule has 0 saturated heterocycles. The Morgan fingerprint density at radius 3 is 1.89 bits per heavy atom. The van der Waals surface area contributed by atoms with Crippen molar-refractivity contribution in [1.29, 1.82) is 0 Å². The second-order valence-electron chi connectivity index (χ2n) is 12.0. The van der Waals surface area contributed by atoms with Gasteiger partial charge in [-0.2, -0.15) is 0 Å². The molecule has 0 aromatic heterocycles. The van der Waals surface area contributed by atoms with E-state index in [0.717, 1.165) is 22.3 Å². The number of ketones is 1. The van der Waals surface area contributed by atoms with Gasteiger partial charge in [-0.05, 0) is 34.4 Å². The van der Waals surface area contributed by atoms with E-state index in [2.05, 4.69) is 48.9 Å². The zero-order valence-electron chi connectivity index (χ0n) is 26.4. The number of alkyl carbamates (subject to hydrolysis) is 1. The zero-order valence-corrected chi connectivity index (χ0v) is 28.1. The lowest BCUT2D eigenvalue weighted by Gasteiger charge is -2.21. The summed E-state index contributed by atoms with van der Waals surface area (Å²) in [7, 11) is 3.08. The van der Waals surface area contributed by atoms with Crippen molar-refractivity contribution in [2.24, 2.45) is 0 Å². The van der Waals surface area contributed by atoms with Crippen LogP contribution in [0.25, 0.3) is 11.1 Å². The highest BCUT2D eigenvalue weighted by Gasteiger charge is 2.30. The number of rotatable bonds is 12. The lowest BCUT2D eigenvalue weighted by molar-refractivity contribution is -0.122. The van der Waals surface area contributed by atoms with E-state index in [9.17, 15) is 19.2 Å². The summed E-state index contributed by atoms with van der Waals surface area (Å²) in [5, 5.41) is 8.08. The van der Waals surface area contributed by atoms with Gasteiger partial charge < -0.3 is 20.7 Å². The Hall–Kier alpha value is -4.54. The quantitative estimate of drug-likeness (QED) is 0.0865. The molecule has 3 amide bonds. The largest absolute Gasteiger partial charge is 0.449 e. The molecule has 242 valence electrons. The molecule has 0 bridgehead atoms. The van der Waals surface area contributed by atoms with Crippen molar-refractivity contribution in [1.82, 2.24) is 16.0 Å². The highest BCUT2D eigenvalue weighted by molar-refractivity contribution is 8.77. The molecular formula is C37H37N3O5S2. The first-order valence-corrected chi connectivity index (χ1v) is 17.6. The third-order valence-corrected chi connectivity index (χ3v) is 10.8. The van der Waals surface area contributed by atoms with Crippen molar-refractivity contribution in [3.8, 4) is 11.1 Å². The Labute approximate surface area is 282 Å². The molecule has 1 atom stereocenters. The van der Waals surface area contributed by atoms with Gasteiger partial charge in [0.1, 0.15) is 12.6 Å². The maximum Gasteiger partial charge on any atom is 0.407 e. The molecule has 8 nitrogen and oxygen atoms in total. The number of ether oxygens (including phenoxy) is 1. The van der Waals surface area contributed by atoms with Crippen LogP contribution in [-0.2, 0) is 9.53 Å². The molecule has 4 aromatic carbocycles. The lowest BCUT2D eigenvalue weighted by Crippen LogP contribution is -2.50. The molecule has 1 aliphatic carbocycles. The lowest BCUT2D eigenvalue weighted by atomic mass is 9.98. The molecule has 47 heavy (non-hydrogen) atoms. The van der Waals surface area contributed by atoms with Crippen molar-refractivity contribution >= 4 is 45.3 Å². The highest BCUT2D eigenvalue weighted by Crippen LogP contribution is 2.44. The first-order chi connectivity index (χ1) is 22.6. The van der Waals surface area contributed by atoms with Crippen LogP contribution < -0.4 is 16.0 Å². The molecule has 0 heterocycles. The normalized spacial score (nSPS) is 12.7.